The Labute approximate surface area is 187 Å². The van der Waals surface area contributed by atoms with Crippen molar-refractivity contribution in [2.45, 2.75) is 12.4 Å². The standard InChI is InChI=1S/C21H15Cl3N2O2S/c1-11-2-4-13(22)9-17(11)25-21-26-20(27)19(29-21)10-14-5-7-18(28-14)12-3-6-15(23)16(24)8-12/h2-10,21,25H,1H3,(H,26,27)/b19-10-. The van der Waals surface area contributed by atoms with Crippen LogP contribution in [0.2, 0.25) is 15.1 Å². The lowest BCUT2D eigenvalue weighted by atomic mass is 10.2. The summed E-state index contributed by atoms with van der Waals surface area (Å²) in [5, 5.41) is 7.76. The first kappa shape index (κ1) is 20.2. The minimum absolute atomic E-state index is 0.167. The molecule has 4 nitrogen and oxygen atoms in total. The van der Waals surface area contributed by atoms with Gasteiger partial charge >= 0.3 is 0 Å². The Hall–Kier alpha value is -2.05. The molecule has 8 heteroatoms. The smallest absolute Gasteiger partial charge is 0.260 e. The number of hydrogen-bond acceptors (Lipinski definition) is 4. The van der Waals surface area contributed by atoms with E-state index in [-0.39, 0.29) is 11.4 Å². The van der Waals surface area contributed by atoms with E-state index in [1.165, 1.54) is 11.8 Å². The molecular weight excluding hydrogens is 451 g/mol. The number of halogens is 3. The lowest BCUT2D eigenvalue weighted by molar-refractivity contribution is -0.116. The SMILES string of the molecule is Cc1ccc(Cl)cc1NC1NC(=O)/C(=C/c2ccc(-c3ccc(Cl)c(Cl)c3)o2)S1. The fraction of sp³-hybridized carbons (Fsp3) is 0.0952. The van der Waals surface area contributed by atoms with Crippen LogP contribution in [0, 0.1) is 6.92 Å². The van der Waals surface area contributed by atoms with Crippen molar-refractivity contribution in [3.8, 4) is 11.3 Å². The van der Waals surface area contributed by atoms with Gasteiger partial charge in [0.15, 0.2) is 5.50 Å². The number of aryl methyl sites for hydroxylation is 1. The topological polar surface area (TPSA) is 54.3 Å². The minimum atomic E-state index is -0.296. The molecule has 0 spiro atoms. The molecule has 1 aliphatic rings. The maximum atomic E-state index is 12.3. The number of thioether (sulfide) groups is 1. The summed E-state index contributed by atoms with van der Waals surface area (Å²) >= 11 is 19.5. The molecule has 2 N–H and O–H groups in total. The lowest BCUT2D eigenvalue weighted by Crippen LogP contribution is -2.31. The quantitative estimate of drug-likeness (QED) is 0.415. The monoisotopic (exact) mass is 464 g/mol. The molecule has 1 atom stereocenters. The van der Waals surface area contributed by atoms with Crippen molar-refractivity contribution < 1.29 is 9.21 Å². The highest BCUT2D eigenvalue weighted by atomic mass is 35.5. The summed E-state index contributed by atoms with van der Waals surface area (Å²) in [5.74, 6) is 1.05. The second-order valence-electron chi connectivity index (χ2n) is 6.41. The van der Waals surface area contributed by atoms with Gasteiger partial charge in [-0.15, -0.1) is 0 Å². The molecule has 0 saturated carbocycles. The maximum absolute atomic E-state index is 12.3. The van der Waals surface area contributed by atoms with Crippen LogP contribution in [0.3, 0.4) is 0 Å². The fourth-order valence-corrected chi connectivity index (χ4v) is 4.25. The predicted molar refractivity (Wildman–Crippen MR) is 121 cm³/mol. The van der Waals surface area contributed by atoms with Crippen LogP contribution in [0.25, 0.3) is 17.4 Å². The van der Waals surface area contributed by atoms with Gasteiger partial charge in [-0.1, -0.05) is 52.6 Å². The van der Waals surface area contributed by atoms with E-state index in [2.05, 4.69) is 10.6 Å². The van der Waals surface area contributed by atoms with Crippen LogP contribution in [0.1, 0.15) is 11.3 Å². The van der Waals surface area contributed by atoms with Crippen LogP contribution in [0.15, 0.2) is 57.9 Å². The molecule has 0 radical (unpaired) electrons. The van der Waals surface area contributed by atoms with Crippen molar-refractivity contribution >= 4 is 64.2 Å². The number of amides is 1. The molecule has 4 rings (SSSR count). The summed E-state index contributed by atoms with van der Waals surface area (Å²) in [6.07, 6.45) is 1.72. The summed E-state index contributed by atoms with van der Waals surface area (Å²) in [4.78, 5) is 12.9. The van der Waals surface area contributed by atoms with E-state index in [1.54, 1.807) is 24.3 Å². The van der Waals surface area contributed by atoms with Crippen LogP contribution in [-0.4, -0.2) is 11.4 Å². The second-order valence-corrected chi connectivity index (χ2v) is 8.81. The lowest BCUT2D eigenvalue weighted by Gasteiger charge is -2.15. The van der Waals surface area contributed by atoms with E-state index in [9.17, 15) is 4.79 Å². The van der Waals surface area contributed by atoms with Gasteiger partial charge in [0.1, 0.15) is 11.5 Å². The van der Waals surface area contributed by atoms with Crippen molar-refractivity contribution in [3.63, 3.8) is 0 Å². The Balaban J connectivity index is 1.50. The van der Waals surface area contributed by atoms with Crippen molar-refractivity contribution in [2.75, 3.05) is 5.32 Å². The largest absolute Gasteiger partial charge is 0.457 e. The van der Waals surface area contributed by atoms with Gasteiger partial charge in [-0.3, -0.25) is 4.79 Å². The average molecular weight is 466 g/mol. The van der Waals surface area contributed by atoms with Crippen molar-refractivity contribution in [1.29, 1.82) is 0 Å². The molecule has 148 valence electrons. The Morgan fingerprint density at radius 1 is 1.07 bits per heavy atom. The number of nitrogens with one attached hydrogen (secondary N) is 2. The van der Waals surface area contributed by atoms with E-state index >= 15 is 0 Å². The number of benzene rings is 2. The molecule has 3 aromatic rings. The zero-order valence-corrected chi connectivity index (χ0v) is 18.2. The molecule has 2 aromatic carbocycles. The first-order chi connectivity index (χ1) is 13.9. The van der Waals surface area contributed by atoms with E-state index in [0.29, 0.717) is 31.5 Å². The molecule has 1 saturated heterocycles. The Morgan fingerprint density at radius 2 is 1.90 bits per heavy atom. The minimum Gasteiger partial charge on any atom is -0.457 e. The van der Waals surface area contributed by atoms with Gasteiger partial charge in [-0.2, -0.15) is 0 Å². The van der Waals surface area contributed by atoms with Crippen LogP contribution in [0.4, 0.5) is 5.69 Å². The molecule has 1 unspecified atom stereocenters. The number of anilines is 1. The number of carbonyl (C=O) groups is 1. The molecule has 0 aliphatic carbocycles. The summed E-state index contributed by atoms with van der Waals surface area (Å²) in [6, 6.07) is 14.5. The van der Waals surface area contributed by atoms with Crippen LogP contribution < -0.4 is 10.6 Å². The maximum Gasteiger partial charge on any atom is 0.260 e. The Bertz CT molecular complexity index is 1130. The molecule has 1 aromatic heterocycles. The van der Waals surface area contributed by atoms with E-state index in [4.69, 9.17) is 39.2 Å². The summed E-state index contributed by atoms with van der Waals surface area (Å²) in [7, 11) is 0. The molecule has 1 amide bonds. The fourth-order valence-electron chi connectivity index (χ4n) is 2.82. The number of carbonyl (C=O) groups excluding carboxylic acids is 1. The molecule has 1 fully saturated rings. The van der Waals surface area contributed by atoms with Gasteiger partial charge < -0.3 is 15.1 Å². The predicted octanol–water partition coefficient (Wildman–Crippen LogP) is 6.81. The van der Waals surface area contributed by atoms with Crippen LogP contribution in [0.5, 0.6) is 0 Å². The second kappa shape index (κ2) is 8.36. The van der Waals surface area contributed by atoms with Crippen molar-refractivity contribution in [3.05, 3.63) is 79.8 Å². The Kier molecular flexibility index (Phi) is 5.83. The van der Waals surface area contributed by atoms with Gasteiger partial charge in [0.25, 0.3) is 5.91 Å². The zero-order valence-electron chi connectivity index (χ0n) is 15.1. The van der Waals surface area contributed by atoms with E-state index < -0.39 is 0 Å². The first-order valence-corrected chi connectivity index (χ1v) is 10.7. The van der Waals surface area contributed by atoms with Crippen LogP contribution in [-0.2, 0) is 4.79 Å². The number of hydrogen-bond donors (Lipinski definition) is 2. The third-order valence-corrected chi connectivity index (χ3v) is 6.32. The summed E-state index contributed by atoms with van der Waals surface area (Å²) < 4.78 is 5.85. The molecule has 1 aliphatic heterocycles. The van der Waals surface area contributed by atoms with Gasteiger partial charge in [0.05, 0.1) is 15.0 Å². The van der Waals surface area contributed by atoms with Gasteiger partial charge in [-0.25, -0.2) is 0 Å². The third kappa shape index (κ3) is 4.59. The molecule has 2 heterocycles. The molecule has 29 heavy (non-hydrogen) atoms. The Morgan fingerprint density at radius 3 is 2.69 bits per heavy atom. The molecule has 0 bridgehead atoms. The van der Waals surface area contributed by atoms with Gasteiger partial charge in [0.2, 0.25) is 0 Å². The van der Waals surface area contributed by atoms with Crippen molar-refractivity contribution in [1.82, 2.24) is 5.32 Å². The highest BCUT2D eigenvalue weighted by Gasteiger charge is 2.28. The van der Waals surface area contributed by atoms with Gasteiger partial charge in [0, 0.05) is 22.3 Å². The van der Waals surface area contributed by atoms with Crippen LogP contribution >= 0.6 is 46.6 Å². The zero-order chi connectivity index (χ0) is 20.5. The number of rotatable bonds is 4. The normalized spacial score (nSPS) is 17.6. The highest BCUT2D eigenvalue weighted by molar-refractivity contribution is 8.05. The first-order valence-electron chi connectivity index (χ1n) is 8.66. The van der Waals surface area contributed by atoms with E-state index in [1.807, 2.05) is 37.3 Å². The average Bonchev–Trinajstić information content (AvgIpc) is 3.28. The van der Waals surface area contributed by atoms with Crippen molar-refractivity contribution in [2.24, 2.45) is 0 Å². The third-order valence-electron chi connectivity index (χ3n) is 4.32. The molecular formula is C21H15Cl3N2O2S. The van der Waals surface area contributed by atoms with E-state index in [0.717, 1.165) is 16.8 Å². The summed E-state index contributed by atoms with van der Waals surface area (Å²) in [6.45, 7) is 1.98. The number of furan rings is 1. The highest BCUT2D eigenvalue weighted by Crippen LogP contribution is 2.34. The van der Waals surface area contributed by atoms with Gasteiger partial charge in [-0.05, 0) is 55.0 Å². The summed E-state index contributed by atoms with van der Waals surface area (Å²) in [5.41, 5.74) is 2.43.